The Balaban J connectivity index is 3.38. The molecule has 0 amide bonds. The van der Waals surface area contributed by atoms with Crippen LogP contribution in [0, 0.1) is 0 Å². The second kappa shape index (κ2) is 3.21. The molecule has 0 unspecified atom stereocenters. The fourth-order valence-corrected chi connectivity index (χ4v) is 1.46. The summed E-state index contributed by atoms with van der Waals surface area (Å²) in [7, 11) is 0. The summed E-state index contributed by atoms with van der Waals surface area (Å²) in [5, 5.41) is 8.72. The quantitative estimate of drug-likeness (QED) is 0.692. The van der Waals surface area contributed by atoms with E-state index in [1.54, 1.807) is 0 Å². The summed E-state index contributed by atoms with van der Waals surface area (Å²) in [5.74, 6) is -1.16. The van der Waals surface area contributed by atoms with Gasteiger partial charge < -0.3 is 10.8 Å². The van der Waals surface area contributed by atoms with Crippen LogP contribution in [0.1, 0.15) is 10.4 Å². The van der Waals surface area contributed by atoms with Crippen molar-refractivity contribution < 1.29 is 9.90 Å². The molecule has 1 aromatic carbocycles. The van der Waals surface area contributed by atoms with Crippen molar-refractivity contribution in [1.82, 2.24) is 0 Å². The molecule has 64 valence electrons. The van der Waals surface area contributed by atoms with E-state index in [0.717, 1.165) is 0 Å². The minimum Gasteiger partial charge on any atom is -0.478 e. The summed E-state index contributed by atoms with van der Waals surface area (Å²) in [4.78, 5) is 10.5. The lowest BCUT2D eigenvalue weighted by Gasteiger charge is -2.02. The molecule has 0 aromatic heterocycles. The van der Waals surface area contributed by atoms with Gasteiger partial charge in [-0.25, -0.2) is 4.79 Å². The van der Waals surface area contributed by atoms with Crippen molar-refractivity contribution in [1.29, 1.82) is 0 Å². The maximum atomic E-state index is 10.5. The second-order valence-corrected chi connectivity index (χ2v) is 2.98. The molecule has 0 bridgehead atoms. The van der Waals surface area contributed by atoms with Gasteiger partial charge in [0.15, 0.2) is 0 Å². The zero-order chi connectivity index (χ0) is 9.30. The van der Waals surface area contributed by atoms with Crippen molar-refractivity contribution in [3.8, 4) is 0 Å². The van der Waals surface area contributed by atoms with Crippen molar-refractivity contribution >= 4 is 34.9 Å². The SMILES string of the molecule is Nc1cc(Cl)c(C(=O)O)c(Cl)c1. The van der Waals surface area contributed by atoms with E-state index in [1.807, 2.05) is 0 Å². The first-order chi connectivity index (χ1) is 5.52. The number of halogens is 2. The highest BCUT2D eigenvalue weighted by atomic mass is 35.5. The molecule has 5 heteroatoms. The molecule has 0 spiro atoms. The van der Waals surface area contributed by atoms with Gasteiger partial charge in [0.05, 0.1) is 15.6 Å². The van der Waals surface area contributed by atoms with Gasteiger partial charge in [-0.2, -0.15) is 0 Å². The van der Waals surface area contributed by atoms with Gasteiger partial charge in [-0.1, -0.05) is 23.2 Å². The predicted molar refractivity (Wildman–Crippen MR) is 47.8 cm³/mol. The minimum atomic E-state index is -1.16. The molecule has 0 atom stereocenters. The Hall–Kier alpha value is -0.930. The maximum absolute atomic E-state index is 10.5. The van der Waals surface area contributed by atoms with Crippen molar-refractivity contribution in [3.05, 3.63) is 27.7 Å². The molecule has 0 saturated heterocycles. The van der Waals surface area contributed by atoms with Crippen LogP contribution in [0.15, 0.2) is 12.1 Å². The fourth-order valence-electron chi connectivity index (χ4n) is 0.797. The predicted octanol–water partition coefficient (Wildman–Crippen LogP) is 2.27. The minimum absolute atomic E-state index is 0.0486. The number of nitrogens with two attached hydrogens (primary N) is 1. The zero-order valence-corrected chi connectivity index (χ0v) is 7.36. The van der Waals surface area contributed by atoms with Crippen LogP contribution in [-0.4, -0.2) is 11.1 Å². The molecule has 0 saturated carbocycles. The molecule has 0 fully saturated rings. The van der Waals surface area contributed by atoms with E-state index in [2.05, 4.69) is 0 Å². The van der Waals surface area contributed by atoms with Gasteiger partial charge in [-0.05, 0) is 12.1 Å². The number of carboxylic acids is 1. The first-order valence-electron chi connectivity index (χ1n) is 3.00. The van der Waals surface area contributed by atoms with E-state index in [-0.39, 0.29) is 15.6 Å². The number of anilines is 1. The van der Waals surface area contributed by atoms with Crippen molar-refractivity contribution in [2.24, 2.45) is 0 Å². The van der Waals surface area contributed by atoms with Crippen LogP contribution in [0.3, 0.4) is 0 Å². The first-order valence-corrected chi connectivity index (χ1v) is 3.76. The number of nitrogen functional groups attached to an aromatic ring is 1. The summed E-state index contributed by atoms with van der Waals surface area (Å²) in [6, 6.07) is 2.69. The molecular formula is C7H5Cl2NO2. The summed E-state index contributed by atoms with van der Waals surface area (Å²) in [6.45, 7) is 0. The molecule has 1 rings (SSSR count). The average molecular weight is 206 g/mol. The van der Waals surface area contributed by atoms with E-state index in [4.69, 9.17) is 34.0 Å². The molecule has 1 aromatic rings. The van der Waals surface area contributed by atoms with E-state index >= 15 is 0 Å². The number of rotatable bonds is 1. The smallest absolute Gasteiger partial charge is 0.338 e. The molecule has 0 radical (unpaired) electrons. The lowest BCUT2D eigenvalue weighted by molar-refractivity contribution is 0.0697. The van der Waals surface area contributed by atoms with Gasteiger partial charge in [0.1, 0.15) is 0 Å². The van der Waals surface area contributed by atoms with Crippen molar-refractivity contribution in [2.75, 3.05) is 5.73 Å². The maximum Gasteiger partial charge on any atom is 0.338 e. The molecule has 12 heavy (non-hydrogen) atoms. The average Bonchev–Trinajstić information content (AvgIpc) is 1.82. The zero-order valence-electron chi connectivity index (χ0n) is 5.84. The van der Waals surface area contributed by atoms with E-state index in [0.29, 0.717) is 5.69 Å². The Bertz CT molecular complexity index is 315. The summed E-state index contributed by atoms with van der Waals surface area (Å²) >= 11 is 11.2. The highest BCUT2D eigenvalue weighted by molar-refractivity contribution is 6.39. The van der Waals surface area contributed by atoms with Gasteiger partial charge in [0.25, 0.3) is 0 Å². The van der Waals surface area contributed by atoms with Crippen LogP contribution < -0.4 is 5.73 Å². The van der Waals surface area contributed by atoms with Gasteiger partial charge in [0, 0.05) is 5.69 Å². The summed E-state index contributed by atoms with van der Waals surface area (Å²) < 4.78 is 0. The third kappa shape index (κ3) is 1.62. The van der Waals surface area contributed by atoms with Crippen LogP contribution in [0.4, 0.5) is 5.69 Å². The summed E-state index contributed by atoms with van der Waals surface area (Å²) in [6.07, 6.45) is 0. The van der Waals surface area contributed by atoms with Crippen LogP contribution in [0.5, 0.6) is 0 Å². The first kappa shape index (κ1) is 9.16. The van der Waals surface area contributed by atoms with Crippen LogP contribution in [0.25, 0.3) is 0 Å². The highest BCUT2D eigenvalue weighted by Crippen LogP contribution is 2.27. The monoisotopic (exact) mass is 205 g/mol. The Morgan fingerprint density at radius 3 is 2.08 bits per heavy atom. The largest absolute Gasteiger partial charge is 0.478 e. The lowest BCUT2D eigenvalue weighted by atomic mass is 10.2. The topological polar surface area (TPSA) is 63.3 Å². The molecule has 3 nitrogen and oxygen atoms in total. The number of carbonyl (C=O) groups is 1. The Kier molecular flexibility index (Phi) is 2.45. The number of carboxylic acid groups (broad SMARTS) is 1. The Morgan fingerprint density at radius 1 is 1.33 bits per heavy atom. The van der Waals surface area contributed by atoms with Gasteiger partial charge in [0.2, 0.25) is 0 Å². The van der Waals surface area contributed by atoms with Gasteiger partial charge in [-0.15, -0.1) is 0 Å². The number of hydrogen-bond donors (Lipinski definition) is 2. The molecule has 3 N–H and O–H groups in total. The fraction of sp³-hybridized carbons (Fsp3) is 0. The van der Waals surface area contributed by atoms with E-state index in [1.165, 1.54) is 12.1 Å². The molecule has 0 heterocycles. The van der Waals surface area contributed by atoms with Crippen LogP contribution in [0.2, 0.25) is 10.0 Å². The standard InChI is InChI=1S/C7H5Cl2NO2/c8-4-1-3(10)2-5(9)6(4)7(11)12/h1-2H,10H2,(H,11,12). The van der Waals surface area contributed by atoms with E-state index in [9.17, 15) is 4.79 Å². The number of benzene rings is 1. The molecule has 0 aliphatic carbocycles. The Labute approximate surface area is 78.7 Å². The molecular weight excluding hydrogens is 201 g/mol. The van der Waals surface area contributed by atoms with Crippen LogP contribution in [-0.2, 0) is 0 Å². The number of aromatic carboxylic acids is 1. The molecule has 0 aliphatic heterocycles. The third-order valence-corrected chi connectivity index (χ3v) is 1.87. The summed E-state index contributed by atoms with van der Waals surface area (Å²) in [5.41, 5.74) is 5.59. The highest BCUT2D eigenvalue weighted by Gasteiger charge is 2.13. The Morgan fingerprint density at radius 2 is 1.75 bits per heavy atom. The molecule has 0 aliphatic rings. The van der Waals surface area contributed by atoms with Crippen molar-refractivity contribution in [2.45, 2.75) is 0 Å². The number of hydrogen-bond acceptors (Lipinski definition) is 2. The van der Waals surface area contributed by atoms with E-state index < -0.39 is 5.97 Å². The second-order valence-electron chi connectivity index (χ2n) is 2.16. The van der Waals surface area contributed by atoms with Gasteiger partial charge in [-0.3, -0.25) is 0 Å². The van der Waals surface area contributed by atoms with Crippen molar-refractivity contribution in [3.63, 3.8) is 0 Å². The van der Waals surface area contributed by atoms with Gasteiger partial charge >= 0.3 is 5.97 Å². The lowest BCUT2D eigenvalue weighted by Crippen LogP contribution is -1.99. The third-order valence-electron chi connectivity index (χ3n) is 1.28. The van der Waals surface area contributed by atoms with Crippen LogP contribution >= 0.6 is 23.2 Å². The normalized spacial score (nSPS) is 9.83.